The molecule has 1 aromatic carbocycles. The number of aromatic nitrogens is 3. The highest BCUT2D eigenvalue weighted by atomic mass is 16.5. The highest BCUT2D eigenvalue weighted by Crippen LogP contribution is 2.33. The number of morpholine rings is 1. The molecule has 0 radical (unpaired) electrons. The molecule has 1 N–H and O–H groups in total. The molecule has 6 heteroatoms. The van der Waals surface area contributed by atoms with Gasteiger partial charge in [-0.1, -0.05) is 30.3 Å². The fourth-order valence-electron chi connectivity index (χ4n) is 3.02. The minimum atomic E-state index is 0.502. The number of anilines is 3. The van der Waals surface area contributed by atoms with Crippen molar-refractivity contribution in [3.05, 3.63) is 60.7 Å². The molecular formula is C21H19N5O. The molecule has 3 aromatic rings. The number of nitrogens with zero attached hydrogens (tertiary/aromatic N) is 4. The Balaban J connectivity index is 1.68. The van der Waals surface area contributed by atoms with Gasteiger partial charge in [-0.15, -0.1) is 6.42 Å². The number of nitrogens with one attached hydrogen (secondary N) is 1. The number of terminal acetylenes is 1. The van der Waals surface area contributed by atoms with E-state index in [2.05, 4.69) is 43.2 Å². The summed E-state index contributed by atoms with van der Waals surface area (Å²) in [6.07, 6.45) is 10.4. The molecule has 0 saturated carbocycles. The lowest BCUT2D eigenvalue weighted by atomic mass is 10.0. The summed E-state index contributed by atoms with van der Waals surface area (Å²) in [7, 11) is 0. The first-order valence-electron chi connectivity index (χ1n) is 8.77. The maximum Gasteiger partial charge on any atom is 0.150 e. The number of pyridine rings is 1. The smallest absolute Gasteiger partial charge is 0.150 e. The minimum absolute atomic E-state index is 0.502. The van der Waals surface area contributed by atoms with Crippen molar-refractivity contribution in [3.8, 4) is 23.5 Å². The van der Waals surface area contributed by atoms with Crippen molar-refractivity contribution < 1.29 is 4.74 Å². The maximum absolute atomic E-state index is 5.51. The molecule has 0 atom stereocenters. The van der Waals surface area contributed by atoms with Gasteiger partial charge in [0.1, 0.15) is 17.3 Å². The molecule has 1 aliphatic rings. The van der Waals surface area contributed by atoms with E-state index in [1.54, 1.807) is 12.4 Å². The number of rotatable bonds is 4. The molecule has 0 unspecified atom stereocenters. The van der Waals surface area contributed by atoms with E-state index in [0.717, 1.165) is 43.1 Å². The van der Waals surface area contributed by atoms with Crippen LogP contribution in [0, 0.1) is 12.3 Å². The minimum Gasteiger partial charge on any atom is -0.378 e. The molecule has 0 bridgehead atoms. The van der Waals surface area contributed by atoms with Crippen LogP contribution in [-0.2, 0) is 4.74 Å². The van der Waals surface area contributed by atoms with Gasteiger partial charge in [0.25, 0.3) is 0 Å². The first kappa shape index (κ1) is 17.0. The molecule has 1 saturated heterocycles. The SMILES string of the molecule is C#Cc1cnc(Nc2cc(N3CCOCC3)c(-c3ccccc3)cn2)cn1. The standard InChI is InChI=1S/C21H19N5O/c1-2-17-13-23-21(15-22-17)25-20-12-19(26-8-10-27-11-9-26)18(14-24-20)16-6-4-3-5-7-16/h1,3-7,12-15H,8-11H2,(H,23,24,25). The molecule has 2 aromatic heterocycles. The van der Waals surface area contributed by atoms with Gasteiger partial charge in [0.05, 0.1) is 25.6 Å². The highest BCUT2D eigenvalue weighted by Gasteiger charge is 2.17. The summed E-state index contributed by atoms with van der Waals surface area (Å²) in [6, 6.07) is 12.3. The third-order valence-electron chi connectivity index (χ3n) is 4.37. The largest absolute Gasteiger partial charge is 0.378 e. The second kappa shape index (κ2) is 7.85. The van der Waals surface area contributed by atoms with E-state index in [0.29, 0.717) is 17.3 Å². The zero-order chi connectivity index (χ0) is 18.5. The third kappa shape index (κ3) is 3.89. The summed E-state index contributed by atoms with van der Waals surface area (Å²) in [6.45, 7) is 3.14. The number of ether oxygens (including phenoxy) is 1. The Morgan fingerprint density at radius 1 is 0.963 bits per heavy atom. The van der Waals surface area contributed by atoms with Gasteiger partial charge in [-0.2, -0.15) is 0 Å². The lowest BCUT2D eigenvalue weighted by Gasteiger charge is -2.31. The Morgan fingerprint density at radius 3 is 2.44 bits per heavy atom. The van der Waals surface area contributed by atoms with Crippen molar-refractivity contribution in [2.24, 2.45) is 0 Å². The van der Waals surface area contributed by atoms with Crippen LogP contribution in [0.2, 0.25) is 0 Å². The van der Waals surface area contributed by atoms with Crippen molar-refractivity contribution in [1.82, 2.24) is 15.0 Å². The van der Waals surface area contributed by atoms with Gasteiger partial charge in [0.15, 0.2) is 0 Å². The van der Waals surface area contributed by atoms with E-state index in [1.165, 1.54) is 0 Å². The van der Waals surface area contributed by atoms with Crippen molar-refractivity contribution in [2.75, 3.05) is 36.5 Å². The van der Waals surface area contributed by atoms with Gasteiger partial charge in [-0.25, -0.2) is 15.0 Å². The van der Waals surface area contributed by atoms with Crippen molar-refractivity contribution in [1.29, 1.82) is 0 Å². The van der Waals surface area contributed by atoms with E-state index < -0.39 is 0 Å². The summed E-state index contributed by atoms with van der Waals surface area (Å²) < 4.78 is 5.51. The van der Waals surface area contributed by atoms with E-state index in [1.807, 2.05) is 30.5 Å². The molecule has 0 amide bonds. The van der Waals surface area contributed by atoms with E-state index >= 15 is 0 Å². The zero-order valence-corrected chi connectivity index (χ0v) is 14.8. The lowest BCUT2D eigenvalue weighted by Crippen LogP contribution is -2.36. The molecule has 0 aliphatic carbocycles. The van der Waals surface area contributed by atoms with Crippen molar-refractivity contribution in [2.45, 2.75) is 0 Å². The molecule has 3 heterocycles. The fourth-order valence-corrected chi connectivity index (χ4v) is 3.02. The van der Waals surface area contributed by atoms with Crippen LogP contribution in [-0.4, -0.2) is 41.3 Å². The molecule has 6 nitrogen and oxygen atoms in total. The topological polar surface area (TPSA) is 63.2 Å². The average Bonchev–Trinajstić information content (AvgIpc) is 2.75. The number of hydrogen-bond donors (Lipinski definition) is 1. The Labute approximate surface area is 158 Å². The van der Waals surface area contributed by atoms with E-state index in [4.69, 9.17) is 11.2 Å². The first-order chi connectivity index (χ1) is 13.3. The average molecular weight is 357 g/mol. The van der Waals surface area contributed by atoms with Crippen LogP contribution in [0.5, 0.6) is 0 Å². The fraction of sp³-hybridized carbons (Fsp3) is 0.190. The quantitative estimate of drug-likeness (QED) is 0.724. The molecule has 1 fully saturated rings. The molecule has 4 rings (SSSR count). The van der Waals surface area contributed by atoms with Crippen molar-refractivity contribution in [3.63, 3.8) is 0 Å². The van der Waals surface area contributed by atoms with Crippen LogP contribution in [0.3, 0.4) is 0 Å². The normalized spacial score (nSPS) is 13.8. The molecule has 1 aliphatic heterocycles. The molecular weight excluding hydrogens is 338 g/mol. The Kier molecular flexibility index (Phi) is 4.95. The molecule has 0 spiro atoms. The second-order valence-electron chi connectivity index (χ2n) is 6.11. The monoisotopic (exact) mass is 357 g/mol. The number of benzene rings is 1. The summed E-state index contributed by atoms with van der Waals surface area (Å²) in [5, 5.41) is 3.20. The molecule has 27 heavy (non-hydrogen) atoms. The van der Waals surface area contributed by atoms with Crippen LogP contribution in [0.15, 0.2) is 55.0 Å². The van der Waals surface area contributed by atoms with Gasteiger partial charge in [-0.05, 0) is 11.5 Å². The van der Waals surface area contributed by atoms with Gasteiger partial charge in [0.2, 0.25) is 0 Å². The summed E-state index contributed by atoms with van der Waals surface area (Å²) in [5.74, 6) is 3.77. The van der Waals surface area contributed by atoms with Gasteiger partial charge < -0.3 is 15.0 Å². The van der Waals surface area contributed by atoms with Crippen LogP contribution in [0.25, 0.3) is 11.1 Å². The highest BCUT2D eigenvalue weighted by molar-refractivity contribution is 5.80. The summed E-state index contributed by atoms with van der Waals surface area (Å²) in [5.41, 5.74) is 3.85. The Bertz CT molecular complexity index is 945. The summed E-state index contributed by atoms with van der Waals surface area (Å²) >= 11 is 0. The van der Waals surface area contributed by atoms with Gasteiger partial charge in [0, 0.05) is 36.6 Å². The predicted octanol–water partition coefficient (Wildman–Crippen LogP) is 3.10. The number of hydrogen-bond acceptors (Lipinski definition) is 6. The van der Waals surface area contributed by atoms with Crippen LogP contribution in [0.4, 0.5) is 17.3 Å². The Morgan fingerprint density at radius 2 is 1.74 bits per heavy atom. The molecule has 134 valence electrons. The Hall–Kier alpha value is -3.43. The second-order valence-corrected chi connectivity index (χ2v) is 6.11. The summed E-state index contributed by atoms with van der Waals surface area (Å²) in [4.78, 5) is 15.3. The van der Waals surface area contributed by atoms with E-state index in [-0.39, 0.29) is 0 Å². The van der Waals surface area contributed by atoms with Crippen LogP contribution in [0.1, 0.15) is 5.69 Å². The van der Waals surface area contributed by atoms with Crippen LogP contribution < -0.4 is 10.2 Å². The lowest BCUT2D eigenvalue weighted by molar-refractivity contribution is 0.123. The maximum atomic E-state index is 5.51. The zero-order valence-electron chi connectivity index (χ0n) is 14.8. The van der Waals surface area contributed by atoms with Crippen molar-refractivity contribution >= 4 is 17.3 Å². The van der Waals surface area contributed by atoms with E-state index in [9.17, 15) is 0 Å². The first-order valence-corrected chi connectivity index (χ1v) is 8.77. The third-order valence-corrected chi connectivity index (χ3v) is 4.37. The van der Waals surface area contributed by atoms with Crippen LogP contribution >= 0.6 is 0 Å². The van der Waals surface area contributed by atoms with Gasteiger partial charge in [-0.3, -0.25) is 0 Å². The predicted molar refractivity (Wildman–Crippen MR) is 106 cm³/mol. The van der Waals surface area contributed by atoms with Gasteiger partial charge >= 0.3 is 0 Å².